The molecule has 0 aromatic heterocycles. The molecule has 2 N–H and O–H groups in total. The zero-order chi connectivity index (χ0) is 15.5. The predicted molar refractivity (Wildman–Crippen MR) is 84.2 cm³/mol. The third kappa shape index (κ3) is 3.44. The number of rotatable bonds is 8. The average Bonchev–Trinajstić information content (AvgIpc) is 3.33. The number of nitrogens with zero attached hydrogens (tertiary/aromatic N) is 1. The van der Waals surface area contributed by atoms with E-state index in [-0.39, 0.29) is 0 Å². The van der Waals surface area contributed by atoms with Gasteiger partial charge in [0.25, 0.3) is 0 Å². The molecule has 1 aliphatic rings. The summed E-state index contributed by atoms with van der Waals surface area (Å²) in [7, 11) is 3.82. The Morgan fingerprint density at radius 3 is 2.52 bits per heavy atom. The Bertz CT molecular complexity index is 473. The first-order chi connectivity index (χ1) is 10.0. The lowest BCUT2D eigenvalue weighted by Crippen LogP contribution is -2.50. The maximum Gasteiger partial charge on any atom is 0.328 e. The van der Waals surface area contributed by atoms with E-state index in [9.17, 15) is 9.90 Å². The topological polar surface area (TPSA) is 52.6 Å². The summed E-state index contributed by atoms with van der Waals surface area (Å²) < 4.78 is 0. The summed E-state index contributed by atoms with van der Waals surface area (Å²) in [4.78, 5) is 14.2. The molecule has 0 heterocycles. The van der Waals surface area contributed by atoms with Crippen molar-refractivity contribution in [2.75, 3.05) is 20.6 Å². The van der Waals surface area contributed by atoms with Crippen LogP contribution in [-0.4, -0.2) is 42.7 Å². The van der Waals surface area contributed by atoms with Gasteiger partial charge in [0.2, 0.25) is 0 Å². The molecule has 1 fully saturated rings. The Hall–Kier alpha value is -1.39. The van der Waals surface area contributed by atoms with Crippen LogP contribution in [0.4, 0.5) is 0 Å². The molecule has 21 heavy (non-hydrogen) atoms. The number of carboxylic acids is 1. The van der Waals surface area contributed by atoms with Gasteiger partial charge in [0.15, 0.2) is 0 Å². The molecule has 4 nitrogen and oxygen atoms in total. The van der Waals surface area contributed by atoms with Crippen molar-refractivity contribution < 1.29 is 9.90 Å². The van der Waals surface area contributed by atoms with Crippen LogP contribution in [0.1, 0.15) is 31.7 Å². The van der Waals surface area contributed by atoms with Crippen molar-refractivity contribution in [2.24, 2.45) is 5.92 Å². The molecular weight excluding hydrogens is 264 g/mol. The monoisotopic (exact) mass is 290 g/mol. The third-order valence-electron chi connectivity index (χ3n) is 4.90. The molecule has 1 aromatic rings. The highest BCUT2D eigenvalue weighted by Gasteiger charge is 2.39. The van der Waals surface area contributed by atoms with Gasteiger partial charge in [0.05, 0.1) is 0 Å². The molecule has 0 saturated heterocycles. The molecule has 0 bridgehead atoms. The fraction of sp³-hybridized carbons (Fsp3) is 0.588. The van der Waals surface area contributed by atoms with Gasteiger partial charge in [-0.1, -0.05) is 30.3 Å². The van der Waals surface area contributed by atoms with Crippen LogP contribution >= 0.6 is 0 Å². The summed E-state index contributed by atoms with van der Waals surface area (Å²) in [6, 6.07) is 9.99. The van der Waals surface area contributed by atoms with Crippen LogP contribution in [0.15, 0.2) is 30.3 Å². The molecule has 2 unspecified atom stereocenters. The van der Waals surface area contributed by atoms with Crippen molar-refractivity contribution in [3.8, 4) is 0 Å². The molecule has 0 aliphatic heterocycles. The fourth-order valence-corrected chi connectivity index (χ4v) is 2.96. The van der Waals surface area contributed by atoms with Gasteiger partial charge in [-0.25, -0.2) is 4.79 Å². The van der Waals surface area contributed by atoms with Crippen molar-refractivity contribution >= 4 is 5.97 Å². The molecule has 1 saturated carbocycles. The Kier molecular flexibility index (Phi) is 5.01. The summed E-state index contributed by atoms with van der Waals surface area (Å²) in [6.45, 7) is 3.00. The van der Waals surface area contributed by atoms with Gasteiger partial charge in [0, 0.05) is 12.6 Å². The molecule has 2 rings (SSSR count). The maximum atomic E-state index is 11.9. The molecule has 2 atom stereocenters. The van der Waals surface area contributed by atoms with E-state index >= 15 is 0 Å². The standard InChI is InChI=1S/C17H26N2O2/c1-13(14-9-10-14)19(3)12-11-17(18-2,16(20)21)15-7-5-4-6-8-15/h4-8,13-14,18H,9-12H2,1-3H3,(H,20,21). The first-order valence-electron chi connectivity index (χ1n) is 7.69. The van der Waals surface area contributed by atoms with E-state index in [4.69, 9.17) is 0 Å². The maximum absolute atomic E-state index is 11.9. The van der Waals surface area contributed by atoms with E-state index in [1.807, 2.05) is 30.3 Å². The molecule has 1 aromatic carbocycles. The summed E-state index contributed by atoms with van der Waals surface area (Å²) in [5.74, 6) is -0.0239. The van der Waals surface area contributed by atoms with Crippen LogP contribution in [0.3, 0.4) is 0 Å². The first kappa shape index (κ1) is 16.0. The van der Waals surface area contributed by atoms with Crippen molar-refractivity contribution in [1.29, 1.82) is 0 Å². The predicted octanol–water partition coefficient (Wildman–Crippen LogP) is 2.31. The van der Waals surface area contributed by atoms with Crippen LogP contribution in [-0.2, 0) is 10.3 Å². The van der Waals surface area contributed by atoms with E-state index in [0.717, 1.165) is 18.0 Å². The number of likely N-dealkylation sites (N-methyl/N-ethyl adjacent to an activating group) is 1. The highest BCUT2D eigenvalue weighted by molar-refractivity contribution is 5.80. The number of benzene rings is 1. The smallest absolute Gasteiger partial charge is 0.328 e. The fourth-order valence-electron chi connectivity index (χ4n) is 2.96. The van der Waals surface area contributed by atoms with Crippen LogP contribution in [0.2, 0.25) is 0 Å². The Balaban J connectivity index is 2.11. The second-order valence-corrected chi connectivity index (χ2v) is 6.14. The lowest BCUT2D eigenvalue weighted by atomic mass is 9.86. The molecule has 1 aliphatic carbocycles. The second kappa shape index (κ2) is 6.58. The lowest BCUT2D eigenvalue weighted by molar-refractivity contribution is -0.145. The summed E-state index contributed by atoms with van der Waals surface area (Å²) >= 11 is 0. The molecule has 0 radical (unpaired) electrons. The number of nitrogens with one attached hydrogen (secondary N) is 1. The van der Waals surface area contributed by atoms with Crippen molar-refractivity contribution in [1.82, 2.24) is 10.2 Å². The van der Waals surface area contributed by atoms with E-state index in [2.05, 4.69) is 24.2 Å². The van der Waals surface area contributed by atoms with E-state index in [0.29, 0.717) is 12.5 Å². The highest BCUT2D eigenvalue weighted by Crippen LogP contribution is 2.35. The Morgan fingerprint density at radius 2 is 2.05 bits per heavy atom. The minimum absolute atomic E-state index is 0.532. The van der Waals surface area contributed by atoms with E-state index in [1.54, 1.807) is 7.05 Å². The van der Waals surface area contributed by atoms with Crippen LogP contribution in [0.25, 0.3) is 0 Å². The molecular formula is C17H26N2O2. The molecule has 0 amide bonds. The Morgan fingerprint density at radius 1 is 1.43 bits per heavy atom. The minimum Gasteiger partial charge on any atom is -0.480 e. The van der Waals surface area contributed by atoms with Gasteiger partial charge in [-0.15, -0.1) is 0 Å². The van der Waals surface area contributed by atoms with Crippen LogP contribution < -0.4 is 5.32 Å². The summed E-state index contributed by atoms with van der Waals surface area (Å²) in [5, 5.41) is 12.8. The van der Waals surface area contributed by atoms with Crippen LogP contribution in [0.5, 0.6) is 0 Å². The Labute approximate surface area is 127 Å². The van der Waals surface area contributed by atoms with Gasteiger partial charge < -0.3 is 15.3 Å². The van der Waals surface area contributed by atoms with Crippen molar-refractivity contribution in [2.45, 2.75) is 37.8 Å². The molecule has 0 spiro atoms. The quantitative estimate of drug-likeness (QED) is 0.771. The van der Waals surface area contributed by atoms with E-state index in [1.165, 1.54) is 12.8 Å². The zero-order valence-electron chi connectivity index (χ0n) is 13.2. The first-order valence-corrected chi connectivity index (χ1v) is 7.69. The number of carbonyl (C=O) groups is 1. The number of hydrogen-bond acceptors (Lipinski definition) is 3. The average molecular weight is 290 g/mol. The lowest BCUT2D eigenvalue weighted by Gasteiger charge is -2.33. The van der Waals surface area contributed by atoms with Crippen LogP contribution in [0, 0.1) is 5.92 Å². The zero-order valence-corrected chi connectivity index (χ0v) is 13.2. The van der Waals surface area contributed by atoms with Gasteiger partial charge >= 0.3 is 5.97 Å². The molecule has 4 heteroatoms. The van der Waals surface area contributed by atoms with Gasteiger partial charge in [0.1, 0.15) is 5.54 Å². The third-order valence-corrected chi connectivity index (χ3v) is 4.90. The SMILES string of the molecule is CNC(CCN(C)C(C)C1CC1)(C(=O)O)c1ccccc1. The second-order valence-electron chi connectivity index (χ2n) is 6.14. The minimum atomic E-state index is -1.02. The number of aliphatic carboxylic acids is 1. The largest absolute Gasteiger partial charge is 0.480 e. The number of carboxylic acid groups (broad SMARTS) is 1. The number of hydrogen-bond donors (Lipinski definition) is 2. The van der Waals surface area contributed by atoms with Gasteiger partial charge in [-0.2, -0.15) is 0 Å². The van der Waals surface area contributed by atoms with Crippen molar-refractivity contribution in [3.63, 3.8) is 0 Å². The summed E-state index contributed by atoms with van der Waals surface area (Å²) in [5.41, 5.74) is -0.203. The molecule has 116 valence electrons. The van der Waals surface area contributed by atoms with E-state index < -0.39 is 11.5 Å². The highest BCUT2D eigenvalue weighted by atomic mass is 16.4. The van der Waals surface area contributed by atoms with Gasteiger partial charge in [-0.05, 0) is 51.8 Å². The van der Waals surface area contributed by atoms with Gasteiger partial charge in [-0.3, -0.25) is 0 Å². The normalized spacial score (nSPS) is 19.2. The van der Waals surface area contributed by atoms with Crippen molar-refractivity contribution in [3.05, 3.63) is 35.9 Å². The summed E-state index contributed by atoms with van der Waals surface area (Å²) in [6.07, 6.45) is 3.16.